The van der Waals surface area contributed by atoms with Crippen LogP contribution in [-0.2, 0) is 55.9 Å². The standard InChI is InChI=1S/C85H168N4O15P2/c1-7-13-19-25-31-37-39-45-49-55-61-67-81(90)88-77(79(65-59-53-47-41-33-27-21-15-9-3)103-83(92)69-63-57-51-43-35-29-23-17-11-5)75-101-105(95,96)99-73-71-86-85(94)87-72-74-100-106(97,98)102-76-78(89-82(91)68-62-56-50-46-40-38-32-26-20-14-8-2)80(66-60-54-48-42-34-28-22-16-10-4)104-84(93)70-64-58-52-44-36-30-24-18-12-6/h77-80H,7-76H2,1-6H3,(H,88,90)(H,89,91)(H,95,96)(H,97,98)(H2,86,87,94)/t77-,78-,79+,80+/m0/s1. The summed E-state index contributed by atoms with van der Waals surface area (Å²) in [4.78, 5) is 89.5. The van der Waals surface area contributed by atoms with Crippen LogP contribution in [0, 0.1) is 0 Å². The van der Waals surface area contributed by atoms with Gasteiger partial charge in [0.1, 0.15) is 12.2 Å². The summed E-state index contributed by atoms with van der Waals surface area (Å²) in [6.45, 7) is 11.1. The van der Waals surface area contributed by atoms with Gasteiger partial charge in [-0.2, -0.15) is 0 Å². The van der Waals surface area contributed by atoms with E-state index in [1.54, 1.807) is 0 Å². The van der Waals surface area contributed by atoms with Crippen LogP contribution < -0.4 is 21.3 Å². The summed E-state index contributed by atoms with van der Waals surface area (Å²) < 4.78 is 61.1. The second-order valence-corrected chi connectivity index (χ2v) is 33.7. The van der Waals surface area contributed by atoms with Crippen molar-refractivity contribution in [3.8, 4) is 0 Å². The Morgan fingerprint density at radius 3 is 0.726 bits per heavy atom. The lowest BCUT2D eigenvalue weighted by Gasteiger charge is -2.29. The quantitative estimate of drug-likeness (QED) is 0.0188. The fourth-order valence-corrected chi connectivity index (χ4v) is 15.2. The molecule has 21 heteroatoms. The van der Waals surface area contributed by atoms with Crippen LogP contribution in [-0.4, -0.2) is 103 Å². The summed E-state index contributed by atoms with van der Waals surface area (Å²) >= 11 is 0. The predicted molar refractivity (Wildman–Crippen MR) is 438 cm³/mol. The molecule has 0 aliphatic heterocycles. The molecular weight excluding hydrogens is 1380 g/mol. The van der Waals surface area contributed by atoms with E-state index in [2.05, 4.69) is 62.8 Å². The molecule has 0 aromatic heterocycles. The van der Waals surface area contributed by atoms with E-state index in [1.807, 2.05) is 0 Å². The fourth-order valence-electron chi connectivity index (χ4n) is 13.7. The fraction of sp³-hybridized carbons (Fsp3) is 0.941. The molecule has 0 heterocycles. The number of urea groups is 1. The number of phosphoric acid groups is 2. The van der Waals surface area contributed by atoms with E-state index in [-0.39, 0.29) is 62.5 Å². The maximum absolute atomic E-state index is 13.7. The molecule has 0 aliphatic carbocycles. The Kier molecular flexibility index (Phi) is 75.8. The Bertz CT molecular complexity index is 1960. The molecule has 0 aliphatic rings. The van der Waals surface area contributed by atoms with E-state index in [0.717, 1.165) is 128 Å². The van der Waals surface area contributed by atoms with Crippen molar-refractivity contribution in [2.45, 2.75) is 477 Å². The van der Waals surface area contributed by atoms with Gasteiger partial charge in [0, 0.05) is 38.8 Å². The first-order valence-electron chi connectivity index (χ1n) is 44.8. The van der Waals surface area contributed by atoms with Crippen molar-refractivity contribution in [3.05, 3.63) is 0 Å². The number of rotatable bonds is 84. The average Bonchev–Trinajstić information content (AvgIpc) is 0.883. The molecule has 0 spiro atoms. The minimum atomic E-state index is -4.79. The first-order chi connectivity index (χ1) is 51.6. The lowest BCUT2D eigenvalue weighted by Crippen LogP contribution is -2.48. The molecule has 0 aromatic carbocycles. The smallest absolute Gasteiger partial charge is 0.460 e. The highest BCUT2D eigenvalue weighted by atomic mass is 31.2. The zero-order valence-corrected chi connectivity index (χ0v) is 71.2. The summed E-state index contributed by atoms with van der Waals surface area (Å²) in [5, 5.41) is 11.1. The molecule has 19 nitrogen and oxygen atoms in total. The first-order valence-corrected chi connectivity index (χ1v) is 47.8. The molecule has 0 saturated heterocycles. The molecule has 0 bridgehead atoms. The Hall–Kier alpha value is -2.63. The highest BCUT2D eigenvalue weighted by molar-refractivity contribution is 7.47. The number of esters is 2. The van der Waals surface area contributed by atoms with Gasteiger partial charge in [-0.25, -0.2) is 13.9 Å². The third kappa shape index (κ3) is 71.7. The Morgan fingerprint density at radius 2 is 0.491 bits per heavy atom. The van der Waals surface area contributed by atoms with E-state index in [0.29, 0.717) is 38.5 Å². The molecule has 0 saturated carbocycles. The summed E-state index contributed by atoms with van der Waals surface area (Å²) in [5.74, 6) is -1.24. The van der Waals surface area contributed by atoms with E-state index in [1.165, 1.54) is 218 Å². The third-order valence-electron chi connectivity index (χ3n) is 20.4. The molecular formula is C85H168N4O15P2. The zero-order chi connectivity index (χ0) is 77.8. The largest absolute Gasteiger partial charge is 0.472 e. The zero-order valence-electron chi connectivity index (χ0n) is 69.4. The van der Waals surface area contributed by atoms with Gasteiger partial charge in [-0.15, -0.1) is 0 Å². The second kappa shape index (κ2) is 77.7. The van der Waals surface area contributed by atoms with Crippen LogP contribution in [0.25, 0.3) is 0 Å². The van der Waals surface area contributed by atoms with Crippen molar-refractivity contribution in [3.63, 3.8) is 0 Å². The molecule has 6 N–H and O–H groups in total. The number of carbonyl (C=O) groups is 5. The summed E-state index contributed by atoms with van der Waals surface area (Å²) in [6.07, 6.45) is 64.9. The normalized spacial score (nSPS) is 13.9. The summed E-state index contributed by atoms with van der Waals surface area (Å²) in [5.41, 5.74) is 0. The number of hydrogen-bond acceptors (Lipinski definition) is 13. The van der Waals surface area contributed by atoms with Crippen molar-refractivity contribution < 1.29 is 70.5 Å². The van der Waals surface area contributed by atoms with E-state index in [4.69, 9.17) is 27.6 Å². The van der Waals surface area contributed by atoms with Crippen molar-refractivity contribution in [1.82, 2.24) is 21.3 Å². The first kappa shape index (κ1) is 103. The van der Waals surface area contributed by atoms with Crippen LogP contribution in [0.1, 0.15) is 452 Å². The summed E-state index contributed by atoms with van der Waals surface area (Å²) in [6, 6.07) is -2.58. The minimum Gasteiger partial charge on any atom is -0.460 e. The van der Waals surface area contributed by atoms with Gasteiger partial charge >= 0.3 is 33.6 Å². The van der Waals surface area contributed by atoms with Crippen LogP contribution in [0.3, 0.4) is 0 Å². The van der Waals surface area contributed by atoms with Crippen LogP contribution in [0.15, 0.2) is 0 Å². The number of unbranched alkanes of at least 4 members (excludes halogenated alkanes) is 52. The molecule has 0 radical (unpaired) electrons. The Labute approximate surface area is 650 Å². The van der Waals surface area contributed by atoms with Crippen molar-refractivity contribution in [1.29, 1.82) is 0 Å². The van der Waals surface area contributed by atoms with Crippen molar-refractivity contribution in [2.75, 3.05) is 39.5 Å². The molecule has 0 aromatic rings. The number of ether oxygens (including phenoxy) is 2. The maximum Gasteiger partial charge on any atom is 0.472 e. The SMILES string of the molecule is CCCCCCCCCCCCCC(=O)N[C@@H](COP(=O)(O)OCCNC(=O)NCCOP(=O)(O)OC[C@H](NC(=O)CCCCCCCCCCCCC)[C@@H](CCCCCCCCCCC)OC(=O)CCCCCCCCCCC)[C@@H](CCCCCCCCCCC)OC(=O)CCCCCCCCCCC. The average molecular weight is 1550 g/mol. The third-order valence-corrected chi connectivity index (χ3v) is 22.4. The van der Waals surface area contributed by atoms with Crippen LogP contribution in [0.2, 0.25) is 0 Å². The van der Waals surface area contributed by atoms with Crippen LogP contribution >= 0.6 is 15.6 Å². The number of amides is 4. The molecule has 0 fully saturated rings. The summed E-state index contributed by atoms with van der Waals surface area (Å²) in [7, 11) is -9.58. The van der Waals surface area contributed by atoms with Gasteiger partial charge in [-0.1, -0.05) is 375 Å². The van der Waals surface area contributed by atoms with Gasteiger partial charge in [0.25, 0.3) is 0 Å². The Morgan fingerprint density at radius 1 is 0.283 bits per heavy atom. The highest BCUT2D eigenvalue weighted by Crippen LogP contribution is 2.44. The number of carbonyl (C=O) groups excluding carboxylic acids is 5. The van der Waals surface area contributed by atoms with Crippen molar-refractivity contribution >= 4 is 45.4 Å². The van der Waals surface area contributed by atoms with Gasteiger partial charge in [-0.05, 0) is 51.4 Å². The highest BCUT2D eigenvalue weighted by Gasteiger charge is 2.33. The lowest BCUT2D eigenvalue weighted by molar-refractivity contribution is -0.153. The topological polar surface area (TPSA) is 263 Å². The molecule has 106 heavy (non-hydrogen) atoms. The van der Waals surface area contributed by atoms with Gasteiger partial charge in [0.2, 0.25) is 11.8 Å². The lowest BCUT2D eigenvalue weighted by atomic mass is 10.0. The molecule has 6 atom stereocenters. The molecule has 2 unspecified atom stereocenters. The van der Waals surface area contributed by atoms with Gasteiger partial charge in [-0.3, -0.25) is 37.3 Å². The minimum absolute atomic E-state index is 0.227. The number of nitrogens with one attached hydrogen (secondary N) is 4. The Balaban J connectivity index is 6.01. The molecule has 628 valence electrons. The molecule has 4 amide bonds. The van der Waals surface area contributed by atoms with E-state index in [9.17, 15) is 42.9 Å². The van der Waals surface area contributed by atoms with Gasteiger partial charge in [0.05, 0.1) is 38.5 Å². The maximum atomic E-state index is 13.7. The van der Waals surface area contributed by atoms with E-state index >= 15 is 0 Å². The number of phosphoric ester groups is 2. The van der Waals surface area contributed by atoms with Gasteiger partial charge in [0.15, 0.2) is 0 Å². The molecule has 0 rings (SSSR count). The second-order valence-electron chi connectivity index (χ2n) is 30.7. The van der Waals surface area contributed by atoms with Gasteiger partial charge < -0.3 is 40.5 Å². The predicted octanol–water partition coefficient (Wildman–Crippen LogP) is 24.4. The van der Waals surface area contributed by atoms with Crippen LogP contribution in [0.5, 0.6) is 0 Å². The number of hydrogen-bond donors (Lipinski definition) is 6. The monoisotopic (exact) mass is 1550 g/mol. The van der Waals surface area contributed by atoms with Crippen LogP contribution in [0.4, 0.5) is 4.79 Å². The van der Waals surface area contributed by atoms with Crippen molar-refractivity contribution in [2.24, 2.45) is 0 Å². The van der Waals surface area contributed by atoms with E-state index < -0.39 is 72.4 Å².